The highest BCUT2D eigenvalue weighted by atomic mass is 32.2. The van der Waals surface area contributed by atoms with Crippen molar-refractivity contribution in [2.45, 2.75) is 25.5 Å². The maximum atomic E-state index is 11.5. The first-order valence-electron chi connectivity index (χ1n) is 10.9. The summed E-state index contributed by atoms with van der Waals surface area (Å²) in [5.41, 5.74) is 1.12. The number of benzene rings is 2. The first-order chi connectivity index (χ1) is 18.0. The molecule has 0 aliphatic rings. The largest absolute Gasteiger partial charge is 0.354 e. The molecule has 4 aromatic rings. The van der Waals surface area contributed by atoms with Crippen LogP contribution in [0.3, 0.4) is 0 Å². The van der Waals surface area contributed by atoms with Gasteiger partial charge < -0.3 is 9.05 Å². The van der Waals surface area contributed by atoms with Gasteiger partial charge in [-0.1, -0.05) is 77.1 Å². The van der Waals surface area contributed by atoms with Crippen LogP contribution in [0.15, 0.2) is 69.7 Å². The summed E-state index contributed by atoms with van der Waals surface area (Å²) in [7, 11) is -4.46. The number of hydrogen-bond donors (Lipinski definition) is 1. The van der Waals surface area contributed by atoms with E-state index in [2.05, 4.69) is 10.3 Å². The molecular formula is C24H22N4O9S. The second-order valence-corrected chi connectivity index (χ2v) is 9.50. The molecule has 4 rings (SSSR count). The molecule has 0 saturated carbocycles. The van der Waals surface area contributed by atoms with Crippen LogP contribution in [-0.4, -0.2) is 33.1 Å². The topological polar surface area (TPSA) is 193 Å². The molecule has 0 aliphatic heterocycles. The van der Waals surface area contributed by atoms with Crippen molar-refractivity contribution in [2.24, 2.45) is 0 Å². The Morgan fingerprint density at radius 1 is 0.868 bits per heavy atom. The Morgan fingerprint density at radius 2 is 1.39 bits per heavy atom. The maximum Gasteiger partial charge on any atom is 0.338 e. The van der Waals surface area contributed by atoms with E-state index in [9.17, 15) is 33.2 Å². The molecule has 0 aliphatic carbocycles. The van der Waals surface area contributed by atoms with Gasteiger partial charge in [0.25, 0.3) is 10.1 Å². The van der Waals surface area contributed by atoms with Crippen LogP contribution in [0.5, 0.6) is 0 Å². The lowest BCUT2D eigenvalue weighted by Crippen LogP contribution is -2.15. The lowest BCUT2D eigenvalue weighted by molar-refractivity contribution is -0.386. The highest BCUT2D eigenvalue weighted by Gasteiger charge is 2.33. The Bertz CT molecular complexity index is 1550. The fourth-order valence-corrected chi connectivity index (χ4v) is 4.32. The van der Waals surface area contributed by atoms with Crippen molar-refractivity contribution >= 4 is 33.6 Å². The normalized spacial score (nSPS) is 12.1. The van der Waals surface area contributed by atoms with Crippen LogP contribution in [0.25, 0.3) is 12.2 Å². The number of aromatic nitrogens is 2. The summed E-state index contributed by atoms with van der Waals surface area (Å²) in [5.74, 6) is -0.0275. The molecule has 0 amide bonds. The van der Waals surface area contributed by atoms with Crippen molar-refractivity contribution in [3.63, 3.8) is 0 Å². The number of aryl methyl sites for hydroxylation is 2. The minimum absolute atomic E-state index is 0.0529. The third-order valence-electron chi connectivity index (χ3n) is 5.25. The lowest BCUT2D eigenvalue weighted by Gasteiger charge is -2.12. The molecule has 0 fully saturated rings. The fraction of sp³-hybridized carbons (Fsp3) is 0.167. The smallest absolute Gasteiger partial charge is 0.338 e. The molecule has 0 spiro atoms. The van der Waals surface area contributed by atoms with Crippen LogP contribution in [0, 0.1) is 34.1 Å². The highest BCUT2D eigenvalue weighted by Crippen LogP contribution is 2.31. The van der Waals surface area contributed by atoms with E-state index in [1.165, 1.54) is 19.1 Å². The average Bonchev–Trinajstić information content (AvgIpc) is 3.43. The quantitative estimate of drug-likeness (QED) is 0.176. The summed E-state index contributed by atoms with van der Waals surface area (Å²) >= 11 is 0. The zero-order chi connectivity index (χ0) is 27.9. The molecule has 2 aromatic carbocycles. The lowest BCUT2D eigenvalue weighted by atomic mass is 10.1. The van der Waals surface area contributed by atoms with Gasteiger partial charge in [-0.25, -0.2) is 0 Å². The van der Waals surface area contributed by atoms with E-state index in [-0.39, 0.29) is 40.7 Å². The van der Waals surface area contributed by atoms with Gasteiger partial charge in [-0.2, -0.15) is 8.42 Å². The summed E-state index contributed by atoms with van der Waals surface area (Å²) in [6, 6.07) is 17.4. The second-order valence-electron chi connectivity index (χ2n) is 7.90. The predicted octanol–water partition coefficient (Wildman–Crippen LogP) is 5.12. The molecule has 1 N–H and O–H groups in total. The van der Waals surface area contributed by atoms with Gasteiger partial charge in [0.2, 0.25) is 11.5 Å². The summed E-state index contributed by atoms with van der Waals surface area (Å²) in [6.45, 7) is 2.93. The molecule has 0 bridgehead atoms. The number of hydrogen-bond acceptors (Lipinski definition) is 10. The fourth-order valence-electron chi connectivity index (χ4n) is 3.46. The third kappa shape index (κ3) is 6.96. The van der Waals surface area contributed by atoms with Gasteiger partial charge in [0.1, 0.15) is 5.25 Å². The van der Waals surface area contributed by atoms with E-state index < -0.39 is 25.2 Å². The molecule has 14 heteroatoms. The second kappa shape index (κ2) is 12.0. The van der Waals surface area contributed by atoms with Crippen molar-refractivity contribution in [3.05, 3.63) is 115 Å². The van der Waals surface area contributed by atoms with Crippen molar-refractivity contribution in [3.8, 4) is 0 Å². The Kier molecular flexibility index (Phi) is 8.83. The standard InChI is InChI=1S/C12H12N2O6S.C12H10N2O3/c1-8-12(14(15)16)10(20-13-8)7-11(21(17,18)19)9-5-3-2-4-6-9;1-9-12(14(15)16)11(17-13-9)8-7-10-5-3-2-4-6-10/h2-6,11H,7H2,1H3,(H,17,18,19);2-8H,1H3/b;8-7+. The van der Waals surface area contributed by atoms with Crippen LogP contribution < -0.4 is 0 Å². The molecule has 38 heavy (non-hydrogen) atoms. The van der Waals surface area contributed by atoms with Crippen LogP contribution in [0.4, 0.5) is 11.4 Å². The summed E-state index contributed by atoms with van der Waals surface area (Å²) in [5, 5.41) is 27.5. The van der Waals surface area contributed by atoms with E-state index in [0.29, 0.717) is 5.56 Å². The van der Waals surface area contributed by atoms with Crippen LogP contribution >= 0.6 is 0 Å². The Labute approximate surface area is 216 Å². The van der Waals surface area contributed by atoms with E-state index in [1.807, 2.05) is 30.3 Å². The van der Waals surface area contributed by atoms with E-state index in [4.69, 9.17) is 9.05 Å². The first-order valence-corrected chi connectivity index (χ1v) is 12.4. The van der Waals surface area contributed by atoms with E-state index >= 15 is 0 Å². The number of nitrogens with zero attached hydrogens (tertiary/aromatic N) is 4. The van der Waals surface area contributed by atoms with Gasteiger partial charge in [0.05, 0.1) is 9.85 Å². The van der Waals surface area contributed by atoms with E-state index in [0.717, 1.165) is 5.56 Å². The Balaban J connectivity index is 0.000000215. The van der Waals surface area contributed by atoms with Crippen LogP contribution in [-0.2, 0) is 16.5 Å². The first kappa shape index (κ1) is 27.9. The molecule has 2 aromatic heterocycles. The Hall–Kier alpha value is -4.69. The molecule has 198 valence electrons. The summed E-state index contributed by atoms with van der Waals surface area (Å²) in [6.07, 6.45) is 2.92. The van der Waals surface area contributed by atoms with Crippen LogP contribution in [0.1, 0.15) is 39.3 Å². The van der Waals surface area contributed by atoms with Gasteiger partial charge in [-0.05, 0) is 31.1 Å². The molecule has 1 unspecified atom stereocenters. The van der Waals surface area contributed by atoms with Crippen molar-refractivity contribution in [1.82, 2.24) is 10.3 Å². The monoisotopic (exact) mass is 542 g/mol. The molecule has 2 heterocycles. The zero-order valence-corrected chi connectivity index (χ0v) is 20.9. The molecular weight excluding hydrogens is 520 g/mol. The van der Waals surface area contributed by atoms with Gasteiger partial charge in [0.15, 0.2) is 11.4 Å². The van der Waals surface area contributed by atoms with Gasteiger partial charge in [-0.3, -0.25) is 24.8 Å². The maximum absolute atomic E-state index is 11.5. The minimum atomic E-state index is -4.46. The minimum Gasteiger partial charge on any atom is -0.354 e. The van der Waals surface area contributed by atoms with E-state index in [1.54, 1.807) is 37.3 Å². The van der Waals surface area contributed by atoms with Gasteiger partial charge >= 0.3 is 11.4 Å². The summed E-state index contributed by atoms with van der Waals surface area (Å²) < 4.78 is 42.2. The van der Waals surface area contributed by atoms with Crippen molar-refractivity contribution < 1.29 is 31.9 Å². The zero-order valence-electron chi connectivity index (χ0n) is 20.1. The highest BCUT2D eigenvalue weighted by molar-refractivity contribution is 7.86. The SMILES string of the molecule is Cc1noc(/C=C/c2ccccc2)c1[N+](=O)[O-].Cc1noc(CC(c2ccccc2)S(=O)(=O)O)c1[N+](=O)[O-]. The van der Waals surface area contributed by atoms with Gasteiger partial charge in [-0.15, -0.1) is 0 Å². The van der Waals surface area contributed by atoms with Crippen molar-refractivity contribution in [2.75, 3.05) is 0 Å². The molecule has 0 radical (unpaired) electrons. The molecule has 0 saturated heterocycles. The third-order valence-corrected chi connectivity index (χ3v) is 6.41. The number of nitro groups is 2. The van der Waals surface area contributed by atoms with Crippen LogP contribution in [0.2, 0.25) is 0 Å². The van der Waals surface area contributed by atoms with Crippen molar-refractivity contribution in [1.29, 1.82) is 0 Å². The summed E-state index contributed by atoms with van der Waals surface area (Å²) in [4.78, 5) is 20.6. The Morgan fingerprint density at radius 3 is 1.95 bits per heavy atom. The molecule has 1 atom stereocenters. The van der Waals surface area contributed by atoms with Gasteiger partial charge in [0, 0.05) is 6.42 Å². The number of rotatable bonds is 8. The average molecular weight is 543 g/mol. The molecule has 13 nitrogen and oxygen atoms in total. The predicted molar refractivity (Wildman–Crippen MR) is 136 cm³/mol.